The highest BCUT2D eigenvalue weighted by molar-refractivity contribution is 7.71. The van der Waals surface area contributed by atoms with Gasteiger partial charge in [-0.25, -0.2) is 4.68 Å². The van der Waals surface area contributed by atoms with Crippen LogP contribution in [0, 0.1) is 4.77 Å². The molecule has 4 rings (SSSR count). The van der Waals surface area contributed by atoms with Gasteiger partial charge in [-0.1, -0.05) is 30.3 Å². The molecule has 148 valence electrons. The fourth-order valence-electron chi connectivity index (χ4n) is 3.15. The Kier molecular flexibility index (Phi) is 4.79. The molecule has 1 N–H and O–H groups in total. The highest BCUT2D eigenvalue weighted by atomic mass is 32.1. The smallest absolute Gasteiger partial charge is 0.271 e. The fraction of sp³-hybridized carbons (Fsp3) is 0.158. The molecule has 0 saturated carbocycles. The molecular weight excluding hydrogens is 403 g/mol. The summed E-state index contributed by atoms with van der Waals surface area (Å²) in [5.74, 6) is 0.272. The van der Waals surface area contributed by atoms with E-state index in [9.17, 15) is 18.0 Å². The van der Waals surface area contributed by atoms with Gasteiger partial charge in [0.2, 0.25) is 0 Å². The minimum absolute atomic E-state index is 0.0375. The van der Waals surface area contributed by atoms with Crippen LogP contribution in [0.4, 0.5) is 13.2 Å². The first-order valence-corrected chi connectivity index (χ1v) is 9.05. The Morgan fingerprint density at radius 2 is 1.79 bits per heavy atom. The second-order valence-electron chi connectivity index (χ2n) is 6.31. The van der Waals surface area contributed by atoms with Gasteiger partial charge in [-0.3, -0.25) is 14.5 Å². The van der Waals surface area contributed by atoms with E-state index in [0.717, 1.165) is 11.5 Å². The molecule has 0 aliphatic rings. The minimum Gasteiger partial charge on any atom is -0.271 e. The lowest BCUT2D eigenvalue weighted by atomic mass is 10.1. The molecular formula is C19H14F3N5OS. The number of H-pyrrole nitrogens is 1. The summed E-state index contributed by atoms with van der Waals surface area (Å²) < 4.78 is 42.8. The monoisotopic (exact) mass is 417 g/mol. The standard InChI is InChI=1S/C19H14F3N5OS/c20-19(21,22)14-7-3-4-8-15(14)27-16(24-25-18(27)29)9-10-26-17(28)13-6-2-1-5-12(13)11-23-26/h1-8,11H,9-10H2,(H,25,29). The summed E-state index contributed by atoms with van der Waals surface area (Å²) in [5.41, 5.74) is -1.22. The number of aromatic nitrogens is 5. The Labute approximate surface area is 167 Å². The Morgan fingerprint density at radius 1 is 1.07 bits per heavy atom. The van der Waals surface area contributed by atoms with Crippen molar-refractivity contribution >= 4 is 23.0 Å². The number of benzene rings is 2. The normalized spacial score (nSPS) is 11.8. The average Bonchev–Trinajstić information content (AvgIpc) is 3.07. The summed E-state index contributed by atoms with van der Waals surface area (Å²) in [7, 11) is 0. The molecule has 2 aromatic carbocycles. The van der Waals surface area contributed by atoms with Crippen molar-refractivity contribution in [1.29, 1.82) is 0 Å². The van der Waals surface area contributed by atoms with Gasteiger partial charge in [-0.15, -0.1) is 0 Å². The predicted octanol–water partition coefficient (Wildman–Crippen LogP) is 3.90. The van der Waals surface area contributed by atoms with Crippen LogP contribution in [-0.2, 0) is 19.1 Å². The number of hydrogen-bond donors (Lipinski definition) is 1. The third-order valence-electron chi connectivity index (χ3n) is 4.50. The van der Waals surface area contributed by atoms with E-state index in [2.05, 4.69) is 15.3 Å². The molecule has 0 aliphatic carbocycles. The maximum Gasteiger partial charge on any atom is 0.418 e. The van der Waals surface area contributed by atoms with E-state index in [1.54, 1.807) is 24.4 Å². The van der Waals surface area contributed by atoms with Crippen molar-refractivity contribution in [2.45, 2.75) is 19.1 Å². The predicted molar refractivity (Wildman–Crippen MR) is 103 cm³/mol. The van der Waals surface area contributed by atoms with Crippen LogP contribution in [0.3, 0.4) is 0 Å². The van der Waals surface area contributed by atoms with Crippen LogP contribution in [0.25, 0.3) is 16.5 Å². The van der Waals surface area contributed by atoms with Gasteiger partial charge in [0, 0.05) is 11.8 Å². The van der Waals surface area contributed by atoms with Gasteiger partial charge >= 0.3 is 6.18 Å². The molecule has 4 aromatic rings. The van der Waals surface area contributed by atoms with Crippen molar-refractivity contribution in [1.82, 2.24) is 24.5 Å². The van der Waals surface area contributed by atoms with Crippen LogP contribution in [0.5, 0.6) is 0 Å². The van der Waals surface area contributed by atoms with Crippen LogP contribution in [0.15, 0.2) is 59.5 Å². The molecule has 6 nitrogen and oxygen atoms in total. The average molecular weight is 417 g/mol. The summed E-state index contributed by atoms with van der Waals surface area (Å²) in [6.45, 7) is 0.136. The van der Waals surface area contributed by atoms with Gasteiger partial charge in [0.15, 0.2) is 4.77 Å². The largest absolute Gasteiger partial charge is 0.418 e. The lowest BCUT2D eigenvalue weighted by molar-refractivity contribution is -0.137. The number of rotatable bonds is 4. The highest BCUT2D eigenvalue weighted by Crippen LogP contribution is 2.34. The molecule has 0 atom stereocenters. The summed E-state index contributed by atoms with van der Waals surface area (Å²) in [6, 6.07) is 12.2. The summed E-state index contributed by atoms with van der Waals surface area (Å²) >= 11 is 5.15. The summed E-state index contributed by atoms with van der Waals surface area (Å²) in [5, 5.41) is 12.0. The Morgan fingerprint density at radius 3 is 2.59 bits per heavy atom. The molecule has 0 saturated heterocycles. The highest BCUT2D eigenvalue weighted by Gasteiger charge is 2.34. The molecule has 10 heteroatoms. The topological polar surface area (TPSA) is 68.5 Å². The van der Waals surface area contributed by atoms with Gasteiger partial charge in [-0.2, -0.15) is 23.4 Å². The molecule has 0 aliphatic heterocycles. The number of aryl methyl sites for hydroxylation is 2. The molecule has 29 heavy (non-hydrogen) atoms. The molecule has 0 bridgehead atoms. The fourth-order valence-corrected chi connectivity index (χ4v) is 3.40. The summed E-state index contributed by atoms with van der Waals surface area (Å²) in [6.07, 6.45) is -2.81. The van der Waals surface area contributed by atoms with E-state index in [4.69, 9.17) is 12.2 Å². The second-order valence-corrected chi connectivity index (χ2v) is 6.69. The SMILES string of the molecule is O=c1c2ccccc2cnn1CCc1n[nH]c(=S)n1-c1ccccc1C(F)(F)F. The number of alkyl halides is 3. The number of aromatic amines is 1. The van der Waals surface area contributed by atoms with Crippen molar-refractivity contribution < 1.29 is 13.2 Å². The number of fused-ring (bicyclic) bond motifs is 1. The van der Waals surface area contributed by atoms with Crippen LogP contribution in [-0.4, -0.2) is 24.5 Å². The Bertz CT molecular complexity index is 1310. The molecule has 0 fully saturated rings. The lowest BCUT2D eigenvalue weighted by Crippen LogP contribution is -2.24. The molecule has 2 aromatic heterocycles. The molecule has 0 radical (unpaired) electrons. The van der Waals surface area contributed by atoms with Crippen LogP contribution in [0.1, 0.15) is 11.4 Å². The minimum atomic E-state index is -4.54. The van der Waals surface area contributed by atoms with Crippen LogP contribution >= 0.6 is 12.2 Å². The molecule has 0 spiro atoms. The number of para-hydroxylation sites is 1. The van der Waals surface area contributed by atoms with Crippen molar-refractivity contribution in [3.8, 4) is 5.69 Å². The van der Waals surface area contributed by atoms with Gasteiger partial charge in [0.25, 0.3) is 5.56 Å². The van der Waals surface area contributed by atoms with Gasteiger partial charge in [-0.05, 0) is 30.4 Å². The van der Waals surface area contributed by atoms with Crippen LogP contribution < -0.4 is 5.56 Å². The summed E-state index contributed by atoms with van der Waals surface area (Å²) in [4.78, 5) is 12.6. The van der Waals surface area contributed by atoms with Gasteiger partial charge < -0.3 is 0 Å². The zero-order valence-electron chi connectivity index (χ0n) is 14.8. The maximum absolute atomic E-state index is 13.4. The molecule has 2 heterocycles. The number of nitrogens with zero attached hydrogens (tertiary/aromatic N) is 4. The Balaban J connectivity index is 1.71. The molecule has 0 unspecified atom stereocenters. The van der Waals surface area contributed by atoms with Crippen LogP contribution in [0.2, 0.25) is 0 Å². The molecule has 0 amide bonds. The zero-order valence-corrected chi connectivity index (χ0v) is 15.7. The van der Waals surface area contributed by atoms with E-state index in [0.29, 0.717) is 5.39 Å². The van der Waals surface area contributed by atoms with E-state index < -0.39 is 11.7 Å². The van der Waals surface area contributed by atoms with E-state index >= 15 is 0 Å². The van der Waals surface area contributed by atoms with Crippen molar-refractivity contribution in [3.63, 3.8) is 0 Å². The third kappa shape index (κ3) is 3.58. The van der Waals surface area contributed by atoms with E-state index in [-0.39, 0.29) is 34.8 Å². The van der Waals surface area contributed by atoms with Gasteiger partial charge in [0.1, 0.15) is 5.82 Å². The zero-order chi connectivity index (χ0) is 20.6. The van der Waals surface area contributed by atoms with Crippen molar-refractivity contribution in [2.24, 2.45) is 0 Å². The number of halogens is 3. The Hall–Kier alpha value is -3.27. The first-order valence-electron chi connectivity index (χ1n) is 8.64. The van der Waals surface area contributed by atoms with E-state index in [1.807, 2.05) is 6.07 Å². The first kappa shape index (κ1) is 19.1. The second kappa shape index (κ2) is 7.28. The number of hydrogen-bond acceptors (Lipinski definition) is 4. The lowest BCUT2D eigenvalue weighted by Gasteiger charge is -2.14. The quantitative estimate of drug-likeness (QED) is 0.512. The van der Waals surface area contributed by atoms with E-state index in [1.165, 1.54) is 27.4 Å². The van der Waals surface area contributed by atoms with Gasteiger partial charge in [0.05, 0.1) is 29.4 Å². The van der Waals surface area contributed by atoms with Crippen molar-refractivity contribution in [3.05, 3.63) is 81.2 Å². The third-order valence-corrected chi connectivity index (χ3v) is 4.78. The first-order chi connectivity index (χ1) is 13.9. The van der Waals surface area contributed by atoms with Crippen molar-refractivity contribution in [2.75, 3.05) is 0 Å². The maximum atomic E-state index is 13.4. The number of nitrogens with one attached hydrogen (secondary N) is 1.